The number of ether oxygens (including phenoxy) is 1. The third-order valence-corrected chi connectivity index (χ3v) is 3.61. The first-order valence-electron chi connectivity index (χ1n) is 7.66. The molecule has 0 atom stereocenters. The molecule has 0 saturated carbocycles. The zero-order chi connectivity index (χ0) is 18.5. The van der Waals surface area contributed by atoms with E-state index in [-0.39, 0.29) is 11.8 Å². The fourth-order valence-corrected chi connectivity index (χ4v) is 2.32. The number of hydrogen-bond acceptors (Lipinski definition) is 5. The number of methoxy groups -OCH3 is 1. The minimum absolute atomic E-state index is 0.0700. The van der Waals surface area contributed by atoms with Crippen molar-refractivity contribution in [2.45, 2.75) is 0 Å². The topological polar surface area (TPSA) is 102 Å². The summed E-state index contributed by atoms with van der Waals surface area (Å²) in [6.45, 7) is 0. The molecule has 0 unspecified atom stereocenters. The lowest BCUT2D eigenvalue weighted by molar-refractivity contribution is 0.252. The average molecular weight is 353 g/mol. The quantitative estimate of drug-likeness (QED) is 0.380. The van der Waals surface area contributed by atoms with E-state index in [2.05, 4.69) is 15.3 Å². The van der Waals surface area contributed by atoms with Crippen LogP contribution in [0, 0.1) is 5.82 Å². The van der Waals surface area contributed by atoms with Crippen molar-refractivity contribution in [3.8, 4) is 28.3 Å². The SMILES string of the molecule is COc1ccc(-c2cc(-c3ccc(F)cc3)nc(NC(=O)NN)n2)cc1. The second kappa shape index (κ2) is 7.58. The molecule has 2 amide bonds. The Morgan fingerprint density at radius 3 is 2.04 bits per heavy atom. The molecular formula is C18H16FN5O2. The maximum Gasteiger partial charge on any atom is 0.335 e. The van der Waals surface area contributed by atoms with E-state index in [0.29, 0.717) is 22.7 Å². The number of nitrogens with zero attached hydrogens (tertiary/aromatic N) is 2. The van der Waals surface area contributed by atoms with E-state index < -0.39 is 6.03 Å². The molecule has 0 aliphatic heterocycles. The lowest BCUT2D eigenvalue weighted by Gasteiger charge is -2.10. The van der Waals surface area contributed by atoms with Crippen LogP contribution in [0.4, 0.5) is 15.1 Å². The fraction of sp³-hybridized carbons (Fsp3) is 0.0556. The summed E-state index contributed by atoms with van der Waals surface area (Å²) >= 11 is 0. The normalized spacial score (nSPS) is 10.3. The van der Waals surface area contributed by atoms with Gasteiger partial charge in [-0.05, 0) is 54.6 Å². The minimum Gasteiger partial charge on any atom is -0.497 e. The Balaban J connectivity index is 2.06. The first-order valence-corrected chi connectivity index (χ1v) is 7.66. The number of aromatic nitrogens is 2. The molecule has 7 nitrogen and oxygen atoms in total. The predicted octanol–water partition coefficient (Wildman–Crippen LogP) is 2.95. The number of hydrazine groups is 1. The molecule has 0 fully saturated rings. The van der Waals surface area contributed by atoms with Crippen LogP contribution in [-0.4, -0.2) is 23.1 Å². The Morgan fingerprint density at radius 1 is 1.00 bits per heavy atom. The molecule has 0 bridgehead atoms. The second-order valence-electron chi connectivity index (χ2n) is 5.30. The second-order valence-corrected chi connectivity index (χ2v) is 5.30. The van der Waals surface area contributed by atoms with Gasteiger partial charge in [-0.1, -0.05) is 0 Å². The molecule has 0 saturated heterocycles. The summed E-state index contributed by atoms with van der Waals surface area (Å²) in [5.41, 5.74) is 4.54. The Labute approximate surface area is 149 Å². The molecule has 0 spiro atoms. The van der Waals surface area contributed by atoms with Gasteiger partial charge in [-0.2, -0.15) is 0 Å². The number of carbonyl (C=O) groups excluding carboxylic acids is 1. The van der Waals surface area contributed by atoms with E-state index in [0.717, 1.165) is 5.56 Å². The lowest BCUT2D eigenvalue weighted by Crippen LogP contribution is -2.34. The molecule has 26 heavy (non-hydrogen) atoms. The van der Waals surface area contributed by atoms with Crippen LogP contribution in [0.1, 0.15) is 0 Å². The summed E-state index contributed by atoms with van der Waals surface area (Å²) in [6.07, 6.45) is 0. The van der Waals surface area contributed by atoms with E-state index in [9.17, 15) is 9.18 Å². The Morgan fingerprint density at radius 2 is 1.54 bits per heavy atom. The largest absolute Gasteiger partial charge is 0.497 e. The van der Waals surface area contributed by atoms with Crippen LogP contribution in [0.15, 0.2) is 54.6 Å². The molecule has 132 valence electrons. The van der Waals surface area contributed by atoms with Gasteiger partial charge >= 0.3 is 6.03 Å². The number of carbonyl (C=O) groups is 1. The molecule has 4 N–H and O–H groups in total. The van der Waals surface area contributed by atoms with Crippen LogP contribution in [0.5, 0.6) is 5.75 Å². The number of nitrogens with one attached hydrogen (secondary N) is 2. The minimum atomic E-state index is -0.651. The van der Waals surface area contributed by atoms with E-state index in [4.69, 9.17) is 10.6 Å². The van der Waals surface area contributed by atoms with Gasteiger partial charge in [0.05, 0.1) is 18.5 Å². The number of benzene rings is 2. The monoisotopic (exact) mass is 353 g/mol. The number of anilines is 1. The number of rotatable bonds is 4. The fourth-order valence-electron chi connectivity index (χ4n) is 2.32. The van der Waals surface area contributed by atoms with E-state index in [1.54, 1.807) is 37.4 Å². The maximum atomic E-state index is 13.2. The van der Waals surface area contributed by atoms with Crippen molar-refractivity contribution >= 4 is 12.0 Å². The van der Waals surface area contributed by atoms with Gasteiger partial charge in [-0.3, -0.25) is 10.7 Å². The van der Waals surface area contributed by atoms with Crippen molar-refractivity contribution in [2.24, 2.45) is 5.84 Å². The highest BCUT2D eigenvalue weighted by Crippen LogP contribution is 2.26. The zero-order valence-corrected chi connectivity index (χ0v) is 13.9. The van der Waals surface area contributed by atoms with E-state index in [1.807, 2.05) is 17.6 Å². The first kappa shape index (κ1) is 17.3. The molecule has 2 aromatic carbocycles. The van der Waals surface area contributed by atoms with Crippen molar-refractivity contribution in [3.63, 3.8) is 0 Å². The average Bonchev–Trinajstić information content (AvgIpc) is 2.68. The van der Waals surface area contributed by atoms with Gasteiger partial charge in [0, 0.05) is 11.1 Å². The van der Waals surface area contributed by atoms with Crippen LogP contribution in [0.3, 0.4) is 0 Å². The third kappa shape index (κ3) is 3.93. The molecule has 1 heterocycles. The predicted molar refractivity (Wildman–Crippen MR) is 95.8 cm³/mol. The molecule has 1 aromatic heterocycles. The summed E-state index contributed by atoms with van der Waals surface area (Å²) in [7, 11) is 1.58. The number of amides is 2. The van der Waals surface area contributed by atoms with Crippen molar-refractivity contribution in [3.05, 3.63) is 60.4 Å². The molecule has 3 rings (SSSR count). The van der Waals surface area contributed by atoms with Crippen LogP contribution in [0.2, 0.25) is 0 Å². The van der Waals surface area contributed by atoms with Crippen molar-refractivity contribution < 1.29 is 13.9 Å². The summed E-state index contributed by atoms with van der Waals surface area (Å²) in [4.78, 5) is 20.1. The molecule has 8 heteroatoms. The highest BCUT2D eigenvalue weighted by atomic mass is 19.1. The molecule has 0 radical (unpaired) electrons. The van der Waals surface area contributed by atoms with Crippen molar-refractivity contribution in [1.29, 1.82) is 0 Å². The number of hydrogen-bond donors (Lipinski definition) is 3. The zero-order valence-electron chi connectivity index (χ0n) is 13.9. The van der Waals surface area contributed by atoms with Crippen molar-refractivity contribution in [1.82, 2.24) is 15.4 Å². The summed E-state index contributed by atoms with van der Waals surface area (Å²) < 4.78 is 18.3. The Hall–Kier alpha value is -3.52. The molecule has 0 aliphatic carbocycles. The van der Waals surface area contributed by atoms with Gasteiger partial charge in [0.25, 0.3) is 0 Å². The lowest BCUT2D eigenvalue weighted by atomic mass is 10.1. The van der Waals surface area contributed by atoms with Gasteiger partial charge in [0.15, 0.2) is 0 Å². The Bertz CT molecular complexity index is 914. The van der Waals surface area contributed by atoms with Crippen LogP contribution in [0.25, 0.3) is 22.5 Å². The number of urea groups is 1. The molecular weight excluding hydrogens is 337 g/mol. The van der Waals surface area contributed by atoms with Gasteiger partial charge in [0.2, 0.25) is 5.95 Å². The maximum absolute atomic E-state index is 13.2. The summed E-state index contributed by atoms with van der Waals surface area (Å²) in [5, 5.41) is 2.45. The highest BCUT2D eigenvalue weighted by molar-refractivity contribution is 5.87. The van der Waals surface area contributed by atoms with E-state index in [1.165, 1.54) is 12.1 Å². The van der Waals surface area contributed by atoms with Crippen LogP contribution >= 0.6 is 0 Å². The van der Waals surface area contributed by atoms with Crippen molar-refractivity contribution in [2.75, 3.05) is 12.4 Å². The van der Waals surface area contributed by atoms with E-state index >= 15 is 0 Å². The van der Waals surface area contributed by atoms with Gasteiger partial charge in [-0.25, -0.2) is 25.0 Å². The van der Waals surface area contributed by atoms with Gasteiger partial charge in [0.1, 0.15) is 11.6 Å². The molecule has 0 aliphatic rings. The Kier molecular flexibility index (Phi) is 5.04. The summed E-state index contributed by atoms with van der Waals surface area (Å²) in [5.74, 6) is 5.53. The van der Waals surface area contributed by atoms with Gasteiger partial charge < -0.3 is 4.74 Å². The number of nitrogens with two attached hydrogens (primary N) is 1. The summed E-state index contributed by atoms with van der Waals surface area (Å²) in [6, 6.07) is 14.2. The number of halogens is 1. The highest BCUT2D eigenvalue weighted by Gasteiger charge is 2.11. The molecule has 3 aromatic rings. The third-order valence-electron chi connectivity index (χ3n) is 3.61. The standard InChI is InChI=1S/C18H16FN5O2/c1-26-14-8-4-12(5-9-14)16-10-15(11-2-6-13(19)7-3-11)21-17(22-16)23-18(25)24-20/h2-10H,20H2,1H3,(H2,21,22,23,24,25). The smallest absolute Gasteiger partial charge is 0.335 e. The van der Waals surface area contributed by atoms with Gasteiger partial charge in [-0.15, -0.1) is 0 Å². The van der Waals surface area contributed by atoms with Crippen LogP contribution in [-0.2, 0) is 0 Å². The first-order chi connectivity index (χ1) is 12.6. The van der Waals surface area contributed by atoms with Crippen LogP contribution < -0.4 is 21.3 Å².